The summed E-state index contributed by atoms with van der Waals surface area (Å²) < 4.78 is 0. The molecule has 0 radical (unpaired) electrons. The maximum atomic E-state index is 11.9. The van der Waals surface area contributed by atoms with E-state index in [4.69, 9.17) is 9.94 Å². The zero-order valence-electron chi connectivity index (χ0n) is 8.68. The molecule has 7 nitrogen and oxygen atoms in total. The Morgan fingerprint density at radius 2 is 2.12 bits per heavy atom. The molecule has 0 aromatic heterocycles. The molecule has 0 saturated carbocycles. The van der Waals surface area contributed by atoms with Crippen LogP contribution in [0.5, 0.6) is 0 Å². The average molecular weight is 227 g/mol. The van der Waals surface area contributed by atoms with Crippen molar-refractivity contribution in [1.29, 1.82) is 0 Å². The summed E-state index contributed by atoms with van der Waals surface area (Å²) in [6.45, 7) is 2.76. The number of hydrogen-bond acceptors (Lipinski definition) is 5. The molecule has 2 heterocycles. The molecule has 0 aromatic rings. The third kappa shape index (κ3) is 2.13. The van der Waals surface area contributed by atoms with Crippen LogP contribution in [0.3, 0.4) is 0 Å². The average Bonchev–Trinajstić information content (AvgIpc) is 2.78. The summed E-state index contributed by atoms with van der Waals surface area (Å²) in [5.41, 5.74) is -0.0894. The number of rotatable bonds is 2. The van der Waals surface area contributed by atoms with Gasteiger partial charge >= 0.3 is 5.97 Å². The standard InChI is InChI=1S/C9H13N3O4/c13-8(12-3-1-10-2-4-12)7-5-6(9(14)15)11-16-7/h7,10H,1-5H2,(H,14,15). The lowest BCUT2D eigenvalue weighted by Gasteiger charge is -2.28. The summed E-state index contributed by atoms with van der Waals surface area (Å²) in [6, 6.07) is 0. The van der Waals surface area contributed by atoms with Crippen LogP contribution in [0.2, 0.25) is 0 Å². The molecule has 2 N–H and O–H groups in total. The molecule has 0 bridgehead atoms. The molecule has 16 heavy (non-hydrogen) atoms. The zero-order valence-corrected chi connectivity index (χ0v) is 8.68. The highest BCUT2D eigenvalue weighted by Gasteiger charge is 2.34. The first-order chi connectivity index (χ1) is 7.68. The molecule has 1 atom stereocenters. The Morgan fingerprint density at radius 1 is 1.44 bits per heavy atom. The minimum Gasteiger partial charge on any atom is -0.477 e. The first-order valence-corrected chi connectivity index (χ1v) is 5.14. The van der Waals surface area contributed by atoms with Gasteiger partial charge in [0.25, 0.3) is 5.91 Å². The Labute approximate surface area is 92.0 Å². The third-order valence-electron chi connectivity index (χ3n) is 2.62. The molecule has 2 aliphatic rings. The Hall–Kier alpha value is -1.63. The number of hydrogen-bond donors (Lipinski definition) is 2. The van der Waals surface area contributed by atoms with Gasteiger partial charge in [0.2, 0.25) is 6.10 Å². The Morgan fingerprint density at radius 3 is 2.69 bits per heavy atom. The van der Waals surface area contributed by atoms with Gasteiger partial charge in [-0.05, 0) is 0 Å². The van der Waals surface area contributed by atoms with E-state index < -0.39 is 12.1 Å². The van der Waals surface area contributed by atoms with Crippen molar-refractivity contribution in [2.24, 2.45) is 5.16 Å². The van der Waals surface area contributed by atoms with Crippen molar-refractivity contribution in [2.45, 2.75) is 12.5 Å². The summed E-state index contributed by atoms with van der Waals surface area (Å²) in [7, 11) is 0. The van der Waals surface area contributed by atoms with E-state index in [1.165, 1.54) is 0 Å². The van der Waals surface area contributed by atoms with Crippen molar-refractivity contribution >= 4 is 17.6 Å². The maximum absolute atomic E-state index is 11.9. The molecule has 1 unspecified atom stereocenters. The number of piperazine rings is 1. The minimum absolute atomic E-state index is 0.0537. The van der Waals surface area contributed by atoms with Crippen molar-refractivity contribution in [3.8, 4) is 0 Å². The van der Waals surface area contributed by atoms with Crippen LogP contribution >= 0.6 is 0 Å². The first kappa shape index (κ1) is 10.9. The van der Waals surface area contributed by atoms with Crippen LogP contribution in [0.25, 0.3) is 0 Å². The van der Waals surface area contributed by atoms with E-state index in [9.17, 15) is 9.59 Å². The summed E-state index contributed by atoms with van der Waals surface area (Å²) in [5.74, 6) is -1.31. The Bertz CT molecular complexity index is 336. The number of carbonyl (C=O) groups excluding carboxylic acids is 1. The molecule has 7 heteroatoms. The lowest BCUT2D eigenvalue weighted by atomic mass is 10.1. The van der Waals surface area contributed by atoms with Gasteiger partial charge in [0, 0.05) is 32.6 Å². The fourth-order valence-corrected chi connectivity index (χ4v) is 1.72. The van der Waals surface area contributed by atoms with E-state index in [-0.39, 0.29) is 18.0 Å². The van der Waals surface area contributed by atoms with Crippen LogP contribution in [-0.2, 0) is 14.4 Å². The Kier molecular flexibility index (Phi) is 3.04. The molecule has 2 rings (SSSR count). The molecule has 1 saturated heterocycles. The highest BCUT2D eigenvalue weighted by Crippen LogP contribution is 2.14. The molecule has 2 aliphatic heterocycles. The van der Waals surface area contributed by atoms with Gasteiger partial charge in [-0.25, -0.2) is 4.79 Å². The molecular formula is C9H13N3O4. The van der Waals surface area contributed by atoms with Gasteiger partial charge in [-0.1, -0.05) is 5.16 Å². The van der Waals surface area contributed by atoms with Crippen molar-refractivity contribution in [1.82, 2.24) is 10.2 Å². The van der Waals surface area contributed by atoms with Crippen LogP contribution in [0.15, 0.2) is 5.16 Å². The number of nitrogens with one attached hydrogen (secondary N) is 1. The second-order valence-electron chi connectivity index (χ2n) is 3.72. The normalized spacial score (nSPS) is 24.9. The van der Waals surface area contributed by atoms with Crippen LogP contribution < -0.4 is 5.32 Å². The lowest BCUT2D eigenvalue weighted by molar-refractivity contribution is -0.142. The van der Waals surface area contributed by atoms with E-state index in [2.05, 4.69) is 10.5 Å². The fourth-order valence-electron chi connectivity index (χ4n) is 1.72. The van der Waals surface area contributed by atoms with E-state index >= 15 is 0 Å². The quantitative estimate of drug-likeness (QED) is 0.608. The van der Waals surface area contributed by atoms with Crippen LogP contribution in [0.1, 0.15) is 6.42 Å². The van der Waals surface area contributed by atoms with Crippen molar-refractivity contribution in [3.05, 3.63) is 0 Å². The Balaban J connectivity index is 1.90. The van der Waals surface area contributed by atoms with Gasteiger partial charge < -0.3 is 20.2 Å². The minimum atomic E-state index is -1.13. The maximum Gasteiger partial charge on any atom is 0.353 e. The van der Waals surface area contributed by atoms with Gasteiger partial charge in [0.15, 0.2) is 5.71 Å². The number of nitrogens with zero attached hydrogens (tertiary/aromatic N) is 2. The van der Waals surface area contributed by atoms with E-state index in [0.717, 1.165) is 13.1 Å². The summed E-state index contributed by atoms with van der Waals surface area (Å²) in [6.07, 6.45) is -0.706. The molecular weight excluding hydrogens is 214 g/mol. The molecule has 1 fully saturated rings. The highest BCUT2D eigenvalue weighted by atomic mass is 16.6. The zero-order chi connectivity index (χ0) is 11.5. The van der Waals surface area contributed by atoms with Crippen molar-refractivity contribution < 1.29 is 19.5 Å². The van der Waals surface area contributed by atoms with Gasteiger partial charge in [-0.3, -0.25) is 4.79 Å². The van der Waals surface area contributed by atoms with Crippen LogP contribution in [0.4, 0.5) is 0 Å². The molecule has 0 aromatic carbocycles. The van der Waals surface area contributed by atoms with E-state index in [1.807, 2.05) is 0 Å². The molecule has 88 valence electrons. The first-order valence-electron chi connectivity index (χ1n) is 5.14. The van der Waals surface area contributed by atoms with Gasteiger partial charge in [-0.2, -0.15) is 0 Å². The van der Waals surface area contributed by atoms with Gasteiger partial charge in [-0.15, -0.1) is 0 Å². The van der Waals surface area contributed by atoms with Gasteiger partial charge in [0.1, 0.15) is 0 Å². The number of aliphatic carboxylic acids is 1. The second kappa shape index (κ2) is 4.48. The third-order valence-corrected chi connectivity index (χ3v) is 2.62. The summed E-state index contributed by atoms with van der Waals surface area (Å²) in [5, 5.41) is 15.2. The van der Waals surface area contributed by atoms with E-state index in [0.29, 0.717) is 13.1 Å². The second-order valence-corrected chi connectivity index (χ2v) is 3.72. The van der Waals surface area contributed by atoms with E-state index in [1.54, 1.807) is 4.90 Å². The predicted molar refractivity (Wildman–Crippen MR) is 54.0 cm³/mol. The largest absolute Gasteiger partial charge is 0.477 e. The van der Waals surface area contributed by atoms with Gasteiger partial charge in [0.05, 0.1) is 0 Å². The van der Waals surface area contributed by atoms with Crippen LogP contribution in [0, 0.1) is 0 Å². The lowest BCUT2D eigenvalue weighted by Crippen LogP contribution is -2.49. The number of carboxylic acid groups (broad SMARTS) is 1. The predicted octanol–water partition coefficient (Wildman–Crippen LogP) is -1.35. The monoisotopic (exact) mass is 227 g/mol. The summed E-state index contributed by atoms with van der Waals surface area (Å²) in [4.78, 5) is 29.0. The fraction of sp³-hybridized carbons (Fsp3) is 0.667. The van der Waals surface area contributed by atoms with Crippen LogP contribution in [-0.4, -0.2) is 59.9 Å². The smallest absolute Gasteiger partial charge is 0.353 e. The number of carboxylic acids is 1. The molecule has 1 amide bonds. The number of carbonyl (C=O) groups is 2. The topological polar surface area (TPSA) is 91.2 Å². The molecule has 0 spiro atoms. The SMILES string of the molecule is O=C(O)C1=NOC(C(=O)N2CCNCC2)C1. The summed E-state index contributed by atoms with van der Waals surface area (Å²) >= 11 is 0. The molecule has 0 aliphatic carbocycles. The number of amides is 1. The van der Waals surface area contributed by atoms with Crippen molar-refractivity contribution in [2.75, 3.05) is 26.2 Å². The number of oxime groups is 1. The highest BCUT2D eigenvalue weighted by molar-refractivity contribution is 6.36. The van der Waals surface area contributed by atoms with Crippen molar-refractivity contribution in [3.63, 3.8) is 0 Å².